The fourth-order valence-electron chi connectivity index (χ4n) is 4.41. The number of halogens is 6. The van der Waals surface area contributed by atoms with Crippen LogP contribution in [-0.2, 0) is 6.11 Å². The second kappa shape index (κ2) is 9.65. The Morgan fingerprint density at radius 1 is 0.829 bits per heavy atom. The fraction of sp³-hybridized carbons (Fsp3) is 0.296. The lowest BCUT2D eigenvalue weighted by Gasteiger charge is -2.27. The largest absolute Gasteiger partial charge is 0.426 e. The quantitative estimate of drug-likeness (QED) is 0.339. The van der Waals surface area contributed by atoms with Crippen LogP contribution in [0.1, 0.15) is 55.2 Å². The molecule has 182 valence electrons. The van der Waals surface area contributed by atoms with Gasteiger partial charge in [-0.25, -0.2) is 17.6 Å². The van der Waals surface area contributed by atoms with Crippen LogP contribution in [0.2, 0.25) is 0 Å². The molecule has 0 amide bonds. The molecule has 1 saturated carbocycles. The van der Waals surface area contributed by atoms with Crippen molar-refractivity contribution in [3.63, 3.8) is 0 Å². The van der Waals surface area contributed by atoms with E-state index in [1.54, 1.807) is 6.07 Å². The molecule has 0 bridgehead atoms. The van der Waals surface area contributed by atoms with Gasteiger partial charge >= 0.3 is 6.11 Å². The van der Waals surface area contributed by atoms with E-state index in [4.69, 9.17) is 5.26 Å². The van der Waals surface area contributed by atoms with Gasteiger partial charge in [0.2, 0.25) is 0 Å². The number of nitrogens with zero attached hydrogens (tertiary/aromatic N) is 1. The van der Waals surface area contributed by atoms with Crippen molar-refractivity contribution in [1.29, 1.82) is 5.26 Å². The molecule has 8 heteroatoms. The van der Waals surface area contributed by atoms with Crippen LogP contribution in [0.5, 0.6) is 5.75 Å². The molecule has 0 saturated heterocycles. The molecular weight excluding hydrogens is 468 g/mol. The first-order valence-electron chi connectivity index (χ1n) is 11.1. The van der Waals surface area contributed by atoms with Gasteiger partial charge in [0.25, 0.3) is 0 Å². The Balaban J connectivity index is 1.55. The molecule has 35 heavy (non-hydrogen) atoms. The minimum atomic E-state index is -4.08. The van der Waals surface area contributed by atoms with Gasteiger partial charge in [-0.05, 0) is 72.2 Å². The van der Waals surface area contributed by atoms with Crippen molar-refractivity contribution in [2.24, 2.45) is 5.92 Å². The average Bonchev–Trinajstić information content (AvgIpc) is 2.80. The minimum Gasteiger partial charge on any atom is -0.426 e. The van der Waals surface area contributed by atoms with Crippen LogP contribution < -0.4 is 4.74 Å². The maximum Gasteiger partial charge on any atom is 0.426 e. The van der Waals surface area contributed by atoms with E-state index in [1.807, 2.05) is 0 Å². The second-order valence-electron chi connectivity index (χ2n) is 8.89. The van der Waals surface area contributed by atoms with Crippen molar-refractivity contribution >= 4 is 0 Å². The lowest BCUT2D eigenvalue weighted by molar-refractivity contribution is -0.187. The van der Waals surface area contributed by atoms with E-state index in [2.05, 4.69) is 11.7 Å². The zero-order valence-corrected chi connectivity index (χ0v) is 18.7. The minimum absolute atomic E-state index is 0.161. The number of nitriles is 1. The predicted octanol–water partition coefficient (Wildman–Crippen LogP) is 8.20. The molecule has 0 spiro atoms. The van der Waals surface area contributed by atoms with Crippen molar-refractivity contribution in [1.82, 2.24) is 0 Å². The first-order valence-corrected chi connectivity index (χ1v) is 11.1. The third kappa shape index (κ3) is 5.14. The van der Waals surface area contributed by atoms with Crippen LogP contribution in [0, 0.1) is 40.5 Å². The number of rotatable bonds is 5. The standard InChI is InChI=1S/C27H21F6NO/c1-15-2-4-16(5-3-15)17-6-9-26(25(31)10-17)35-27(32,33)19-7-8-20(24(30)13-19)18-11-22(28)21(14-34)23(29)12-18/h6-13,15-16H,2-5H2,1H3. The molecule has 0 aromatic heterocycles. The van der Waals surface area contributed by atoms with Crippen LogP contribution in [0.3, 0.4) is 0 Å². The molecule has 0 atom stereocenters. The van der Waals surface area contributed by atoms with E-state index in [0.717, 1.165) is 61.6 Å². The fourth-order valence-corrected chi connectivity index (χ4v) is 4.41. The number of hydrogen-bond acceptors (Lipinski definition) is 2. The summed E-state index contributed by atoms with van der Waals surface area (Å²) < 4.78 is 91.1. The van der Waals surface area contributed by atoms with Crippen LogP contribution in [0.15, 0.2) is 48.5 Å². The Morgan fingerprint density at radius 3 is 2.06 bits per heavy atom. The van der Waals surface area contributed by atoms with E-state index in [9.17, 15) is 26.3 Å². The topological polar surface area (TPSA) is 33.0 Å². The van der Waals surface area contributed by atoms with Gasteiger partial charge in [0, 0.05) is 5.56 Å². The molecule has 1 fully saturated rings. The van der Waals surface area contributed by atoms with Gasteiger partial charge in [0.1, 0.15) is 29.1 Å². The van der Waals surface area contributed by atoms with E-state index in [-0.39, 0.29) is 17.0 Å². The lowest BCUT2D eigenvalue weighted by atomic mass is 9.79. The van der Waals surface area contributed by atoms with Crippen molar-refractivity contribution in [3.8, 4) is 22.9 Å². The van der Waals surface area contributed by atoms with E-state index < -0.39 is 46.3 Å². The highest BCUT2D eigenvalue weighted by Crippen LogP contribution is 2.39. The summed E-state index contributed by atoms with van der Waals surface area (Å²) in [6.45, 7) is 2.16. The Hall–Kier alpha value is -3.47. The number of alkyl halides is 2. The van der Waals surface area contributed by atoms with Crippen LogP contribution in [0.25, 0.3) is 11.1 Å². The first-order chi connectivity index (χ1) is 16.6. The zero-order chi connectivity index (χ0) is 25.3. The highest BCUT2D eigenvalue weighted by Gasteiger charge is 2.36. The molecule has 0 N–H and O–H groups in total. The summed E-state index contributed by atoms with van der Waals surface area (Å²) in [5.41, 5.74) is -1.65. The molecule has 3 aromatic rings. The van der Waals surface area contributed by atoms with Crippen LogP contribution >= 0.6 is 0 Å². The SMILES string of the molecule is CC1CCC(c2ccc(OC(F)(F)c3ccc(-c4cc(F)c(C#N)c(F)c4)c(F)c3)c(F)c2)CC1. The van der Waals surface area contributed by atoms with Crippen molar-refractivity contribution in [2.45, 2.75) is 44.6 Å². The monoisotopic (exact) mass is 489 g/mol. The Kier molecular flexibility index (Phi) is 6.79. The van der Waals surface area contributed by atoms with Gasteiger partial charge in [-0.2, -0.15) is 14.0 Å². The molecule has 1 aliphatic rings. The summed E-state index contributed by atoms with van der Waals surface area (Å²) in [6.07, 6.45) is -0.244. The maximum absolute atomic E-state index is 14.7. The van der Waals surface area contributed by atoms with Gasteiger partial charge in [0.15, 0.2) is 11.6 Å². The highest BCUT2D eigenvalue weighted by molar-refractivity contribution is 5.66. The van der Waals surface area contributed by atoms with Gasteiger partial charge in [-0.15, -0.1) is 0 Å². The van der Waals surface area contributed by atoms with Crippen molar-refractivity contribution in [3.05, 3.63) is 88.5 Å². The van der Waals surface area contributed by atoms with Crippen molar-refractivity contribution < 1.29 is 31.1 Å². The van der Waals surface area contributed by atoms with E-state index >= 15 is 0 Å². The van der Waals surface area contributed by atoms with Gasteiger partial charge in [-0.3, -0.25) is 0 Å². The molecule has 0 aliphatic heterocycles. The lowest BCUT2D eigenvalue weighted by Crippen LogP contribution is -2.23. The molecule has 3 aromatic carbocycles. The van der Waals surface area contributed by atoms with E-state index in [0.29, 0.717) is 12.0 Å². The third-order valence-electron chi connectivity index (χ3n) is 6.45. The molecule has 0 radical (unpaired) electrons. The Morgan fingerprint density at radius 2 is 1.49 bits per heavy atom. The summed E-state index contributed by atoms with van der Waals surface area (Å²) in [5, 5.41) is 8.74. The average molecular weight is 489 g/mol. The van der Waals surface area contributed by atoms with Crippen LogP contribution in [-0.4, -0.2) is 0 Å². The summed E-state index contributed by atoms with van der Waals surface area (Å²) in [4.78, 5) is 0. The molecule has 0 heterocycles. The molecule has 1 aliphatic carbocycles. The Labute approximate surface area is 198 Å². The normalized spacial score (nSPS) is 18.2. The smallest absolute Gasteiger partial charge is 0.426 e. The zero-order valence-electron chi connectivity index (χ0n) is 18.7. The number of benzene rings is 3. The van der Waals surface area contributed by atoms with Gasteiger partial charge < -0.3 is 4.74 Å². The van der Waals surface area contributed by atoms with E-state index in [1.165, 1.54) is 12.1 Å². The first kappa shape index (κ1) is 24.6. The summed E-state index contributed by atoms with van der Waals surface area (Å²) in [7, 11) is 0. The Bertz CT molecular complexity index is 1270. The molecule has 4 rings (SSSR count). The van der Waals surface area contributed by atoms with Gasteiger partial charge in [0.05, 0.1) is 5.56 Å². The summed E-state index contributed by atoms with van der Waals surface area (Å²) in [5.74, 6) is -4.46. The number of ether oxygens (including phenoxy) is 1. The molecular formula is C27H21F6NO. The van der Waals surface area contributed by atoms with Crippen LogP contribution in [0.4, 0.5) is 26.3 Å². The molecule has 2 nitrogen and oxygen atoms in total. The summed E-state index contributed by atoms with van der Waals surface area (Å²) >= 11 is 0. The predicted molar refractivity (Wildman–Crippen MR) is 118 cm³/mol. The van der Waals surface area contributed by atoms with Gasteiger partial charge in [-0.1, -0.05) is 31.9 Å². The number of hydrogen-bond donors (Lipinski definition) is 0. The second-order valence-corrected chi connectivity index (χ2v) is 8.89. The van der Waals surface area contributed by atoms with Crippen molar-refractivity contribution in [2.75, 3.05) is 0 Å². The highest BCUT2D eigenvalue weighted by atomic mass is 19.3. The summed E-state index contributed by atoms with van der Waals surface area (Å²) in [6, 6.07) is 8.91. The molecule has 0 unspecified atom stereocenters. The third-order valence-corrected chi connectivity index (χ3v) is 6.45. The maximum atomic E-state index is 14.7.